The number of fused-ring (bicyclic) bond motifs is 1. The molecule has 2 aromatic heterocycles. The van der Waals surface area contributed by atoms with Gasteiger partial charge in [-0.15, -0.1) is 0 Å². The number of aromatic nitrogens is 4. The van der Waals surface area contributed by atoms with Gasteiger partial charge in [-0.1, -0.05) is 30.9 Å². The maximum Gasteiger partial charge on any atom is 0.182 e. The highest BCUT2D eigenvalue weighted by atomic mass is 16.5. The molecule has 2 aliphatic rings. The zero-order chi connectivity index (χ0) is 26.3. The van der Waals surface area contributed by atoms with E-state index in [2.05, 4.69) is 65.5 Å². The summed E-state index contributed by atoms with van der Waals surface area (Å²) in [4.78, 5) is 23.5. The predicted molar refractivity (Wildman–Crippen MR) is 150 cm³/mol. The molecular formula is C29H36N8O. The Morgan fingerprint density at radius 1 is 1.16 bits per heavy atom. The van der Waals surface area contributed by atoms with Crippen LogP contribution in [-0.4, -0.2) is 81.7 Å². The topological polar surface area (TPSA) is 97.2 Å². The van der Waals surface area contributed by atoms with Crippen LogP contribution < -0.4 is 20.1 Å². The van der Waals surface area contributed by atoms with Crippen LogP contribution in [0, 0.1) is 11.3 Å². The number of rotatable bonds is 9. The second kappa shape index (κ2) is 12.2. The molecule has 0 amide bonds. The van der Waals surface area contributed by atoms with Crippen LogP contribution in [0.2, 0.25) is 0 Å². The molecular weight excluding hydrogens is 476 g/mol. The molecule has 2 fully saturated rings. The van der Waals surface area contributed by atoms with Crippen LogP contribution in [0.3, 0.4) is 0 Å². The highest BCUT2D eigenvalue weighted by molar-refractivity contribution is 5.83. The van der Waals surface area contributed by atoms with Gasteiger partial charge in [0.15, 0.2) is 11.5 Å². The lowest BCUT2D eigenvalue weighted by atomic mass is 10.1. The number of hydrogen-bond donors (Lipinski definition) is 1. The summed E-state index contributed by atoms with van der Waals surface area (Å²) >= 11 is 0. The van der Waals surface area contributed by atoms with Crippen LogP contribution in [0.15, 0.2) is 36.9 Å². The lowest BCUT2D eigenvalue weighted by Crippen LogP contribution is -2.47. The van der Waals surface area contributed by atoms with E-state index in [1.807, 2.05) is 19.1 Å². The second-order valence-corrected chi connectivity index (χ2v) is 9.93. The molecule has 1 N–H and O–H groups in total. The van der Waals surface area contributed by atoms with E-state index in [1.54, 1.807) is 12.7 Å². The van der Waals surface area contributed by atoms with Crippen molar-refractivity contribution in [1.29, 1.82) is 5.26 Å². The molecule has 1 atom stereocenters. The molecule has 38 heavy (non-hydrogen) atoms. The SMILES string of the molecule is C=c1c(CN2CCN(CCC#N)CC2)ccc(OCC2CCCN2c2ncnc3nc[nH]c23)c1=CC=CC. The van der Waals surface area contributed by atoms with Crippen molar-refractivity contribution in [3.63, 3.8) is 0 Å². The van der Waals surface area contributed by atoms with Crippen LogP contribution in [0.5, 0.6) is 5.75 Å². The summed E-state index contributed by atoms with van der Waals surface area (Å²) in [5.74, 6) is 1.75. The standard InChI is InChI=1S/C29H36N8O/c1-3-4-8-25-22(2)23(18-36-16-14-35(15-17-36)12-6-11-30)9-10-26(25)38-19-24-7-5-13-37(24)29-27-28(32-20-31-27)33-21-34-29/h3-4,8-10,20-21,24H,2,5-7,12-19H2,1H3,(H,31,32,33,34). The second-order valence-electron chi connectivity index (χ2n) is 9.93. The number of nitrogens with zero attached hydrogens (tertiary/aromatic N) is 7. The van der Waals surface area contributed by atoms with Gasteiger partial charge in [0.05, 0.1) is 18.4 Å². The summed E-state index contributed by atoms with van der Waals surface area (Å²) < 4.78 is 6.48. The third-order valence-corrected chi connectivity index (χ3v) is 7.55. The predicted octanol–water partition coefficient (Wildman–Crippen LogP) is 2.20. The lowest BCUT2D eigenvalue weighted by molar-refractivity contribution is 0.129. The molecule has 3 aromatic rings. The van der Waals surface area contributed by atoms with Crippen molar-refractivity contribution in [3.8, 4) is 11.8 Å². The molecule has 0 radical (unpaired) electrons. The molecule has 2 aliphatic heterocycles. The van der Waals surface area contributed by atoms with Crippen molar-refractivity contribution in [2.45, 2.75) is 38.8 Å². The van der Waals surface area contributed by atoms with Crippen LogP contribution in [0.4, 0.5) is 5.82 Å². The van der Waals surface area contributed by atoms with Crippen molar-refractivity contribution >= 4 is 29.6 Å². The van der Waals surface area contributed by atoms with Crippen LogP contribution in [0.1, 0.15) is 31.7 Å². The average molecular weight is 513 g/mol. The third-order valence-electron chi connectivity index (χ3n) is 7.55. The van der Waals surface area contributed by atoms with Crippen molar-refractivity contribution < 1.29 is 4.74 Å². The number of hydrogen-bond acceptors (Lipinski definition) is 8. The molecule has 198 valence electrons. The van der Waals surface area contributed by atoms with Crippen molar-refractivity contribution in [3.05, 3.63) is 52.9 Å². The highest BCUT2D eigenvalue weighted by Crippen LogP contribution is 2.28. The number of nitriles is 1. The molecule has 0 saturated carbocycles. The zero-order valence-corrected chi connectivity index (χ0v) is 22.1. The molecule has 1 aromatic carbocycles. The number of aromatic amines is 1. The van der Waals surface area contributed by atoms with E-state index in [-0.39, 0.29) is 6.04 Å². The molecule has 9 nitrogen and oxygen atoms in total. The van der Waals surface area contributed by atoms with Crippen molar-refractivity contribution in [1.82, 2.24) is 29.7 Å². The van der Waals surface area contributed by atoms with E-state index in [0.717, 1.165) is 86.2 Å². The number of H-pyrrole nitrogens is 1. The first-order valence-corrected chi connectivity index (χ1v) is 13.5. The van der Waals surface area contributed by atoms with Crippen LogP contribution >= 0.6 is 0 Å². The van der Waals surface area contributed by atoms with Gasteiger partial charge in [-0.05, 0) is 36.6 Å². The summed E-state index contributed by atoms with van der Waals surface area (Å²) in [6, 6.07) is 6.73. The minimum absolute atomic E-state index is 0.219. The first kappa shape index (κ1) is 25.9. The smallest absolute Gasteiger partial charge is 0.182 e. The molecule has 4 heterocycles. The quantitative estimate of drug-likeness (QED) is 0.466. The Morgan fingerprint density at radius 2 is 2.00 bits per heavy atom. The lowest BCUT2D eigenvalue weighted by Gasteiger charge is -2.34. The molecule has 9 heteroatoms. The van der Waals surface area contributed by atoms with Gasteiger partial charge >= 0.3 is 0 Å². The number of piperazine rings is 1. The maximum atomic E-state index is 8.86. The fraction of sp³-hybridized carbons (Fsp3) is 0.448. The third kappa shape index (κ3) is 5.72. The van der Waals surface area contributed by atoms with Crippen molar-refractivity contribution in [2.75, 3.05) is 50.8 Å². The number of allylic oxidation sites excluding steroid dienone is 2. The Balaban J connectivity index is 1.29. The van der Waals surface area contributed by atoms with E-state index < -0.39 is 0 Å². The minimum Gasteiger partial charge on any atom is -0.491 e. The molecule has 2 saturated heterocycles. The van der Waals surface area contributed by atoms with Gasteiger partial charge in [-0.25, -0.2) is 15.0 Å². The first-order chi connectivity index (χ1) is 18.7. The van der Waals surface area contributed by atoms with Gasteiger partial charge in [0, 0.05) is 57.5 Å². The maximum absolute atomic E-state index is 8.86. The first-order valence-electron chi connectivity index (χ1n) is 13.5. The van der Waals surface area contributed by atoms with Gasteiger partial charge in [-0.2, -0.15) is 5.26 Å². The summed E-state index contributed by atoms with van der Waals surface area (Å²) in [6.07, 6.45) is 12.2. The Kier molecular flexibility index (Phi) is 8.31. The van der Waals surface area contributed by atoms with E-state index in [9.17, 15) is 0 Å². The van der Waals surface area contributed by atoms with Gasteiger partial charge in [-0.3, -0.25) is 9.80 Å². The Bertz CT molecular complexity index is 1420. The van der Waals surface area contributed by atoms with E-state index in [1.165, 1.54) is 5.56 Å². The summed E-state index contributed by atoms with van der Waals surface area (Å²) in [7, 11) is 0. The summed E-state index contributed by atoms with van der Waals surface area (Å²) in [5, 5.41) is 10.9. The zero-order valence-electron chi connectivity index (χ0n) is 22.1. The minimum atomic E-state index is 0.219. The number of anilines is 1. The van der Waals surface area contributed by atoms with Gasteiger partial charge in [0.2, 0.25) is 0 Å². The number of ether oxygens (including phenoxy) is 1. The average Bonchev–Trinajstić information content (AvgIpc) is 3.62. The summed E-state index contributed by atoms with van der Waals surface area (Å²) in [6.45, 7) is 13.7. The molecule has 5 rings (SSSR count). The fourth-order valence-electron chi connectivity index (χ4n) is 5.40. The van der Waals surface area contributed by atoms with E-state index >= 15 is 0 Å². The monoisotopic (exact) mass is 512 g/mol. The molecule has 0 aliphatic carbocycles. The Hall–Kier alpha value is -3.74. The van der Waals surface area contributed by atoms with Gasteiger partial charge in [0.25, 0.3) is 0 Å². The van der Waals surface area contributed by atoms with Gasteiger partial charge < -0.3 is 14.6 Å². The number of benzene rings is 1. The molecule has 0 spiro atoms. The highest BCUT2D eigenvalue weighted by Gasteiger charge is 2.28. The Morgan fingerprint density at radius 3 is 2.82 bits per heavy atom. The van der Waals surface area contributed by atoms with E-state index in [4.69, 9.17) is 10.00 Å². The van der Waals surface area contributed by atoms with Crippen molar-refractivity contribution in [2.24, 2.45) is 0 Å². The number of imidazole rings is 1. The normalized spacial score (nSPS) is 19.5. The molecule has 1 unspecified atom stereocenters. The van der Waals surface area contributed by atoms with Gasteiger partial charge in [0.1, 0.15) is 24.2 Å². The Labute approximate surface area is 223 Å². The number of nitrogens with one attached hydrogen (secondary N) is 1. The fourth-order valence-corrected chi connectivity index (χ4v) is 5.40. The van der Waals surface area contributed by atoms with E-state index in [0.29, 0.717) is 18.7 Å². The molecule has 0 bridgehead atoms. The van der Waals surface area contributed by atoms with Crippen LogP contribution in [-0.2, 0) is 6.54 Å². The van der Waals surface area contributed by atoms with Crippen LogP contribution in [0.25, 0.3) is 23.8 Å². The summed E-state index contributed by atoms with van der Waals surface area (Å²) in [5.41, 5.74) is 2.78. The largest absolute Gasteiger partial charge is 0.491 e.